The summed E-state index contributed by atoms with van der Waals surface area (Å²) in [7, 11) is -9.91. The quantitative estimate of drug-likeness (QED) is 0.0222. The van der Waals surface area contributed by atoms with Gasteiger partial charge in [0.15, 0.2) is 12.2 Å². The van der Waals surface area contributed by atoms with E-state index in [2.05, 4.69) is 41.5 Å². The van der Waals surface area contributed by atoms with Gasteiger partial charge in [-0.25, -0.2) is 9.13 Å². The predicted octanol–water partition coefficient (Wildman–Crippen LogP) is 22.7. The van der Waals surface area contributed by atoms with Gasteiger partial charge in [-0.15, -0.1) is 0 Å². The highest BCUT2D eigenvalue weighted by molar-refractivity contribution is 7.47. The summed E-state index contributed by atoms with van der Waals surface area (Å²) in [5, 5.41) is 10.6. The number of esters is 4. The van der Waals surface area contributed by atoms with E-state index < -0.39 is 97.5 Å². The van der Waals surface area contributed by atoms with Crippen LogP contribution in [0.4, 0.5) is 0 Å². The first kappa shape index (κ1) is 94.1. The molecule has 0 spiro atoms. The minimum atomic E-state index is -4.96. The van der Waals surface area contributed by atoms with Crippen LogP contribution in [0.15, 0.2) is 0 Å². The van der Waals surface area contributed by atoms with Gasteiger partial charge in [-0.3, -0.25) is 37.3 Å². The van der Waals surface area contributed by atoms with Gasteiger partial charge in [-0.2, -0.15) is 0 Å². The van der Waals surface area contributed by atoms with Crippen LogP contribution in [-0.4, -0.2) is 96.7 Å². The Labute approximate surface area is 588 Å². The Hall–Kier alpha value is -1.94. The molecule has 17 nitrogen and oxygen atoms in total. The molecule has 570 valence electrons. The summed E-state index contributed by atoms with van der Waals surface area (Å²) in [4.78, 5) is 72.9. The van der Waals surface area contributed by atoms with Crippen molar-refractivity contribution in [2.24, 2.45) is 11.8 Å². The first-order chi connectivity index (χ1) is 46.4. The fourth-order valence-corrected chi connectivity index (χ4v) is 13.4. The lowest BCUT2D eigenvalue weighted by atomic mass is 10.0. The lowest BCUT2D eigenvalue weighted by Crippen LogP contribution is -2.30. The number of carbonyl (C=O) groups is 4. The Morgan fingerprint density at radius 2 is 0.479 bits per heavy atom. The van der Waals surface area contributed by atoms with Crippen molar-refractivity contribution in [1.29, 1.82) is 0 Å². The average molecular weight is 1410 g/mol. The molecule has 19 heteroatoms. The summed E-state index contributed by atoms with van der Waals surface area (Å²) in [6.45, 7) is 9.61. The van der Waals surface area contributed by atoms with Gasteiger partial charge in [0.2, 0.25) is 0 Å². The van der Waals surface area contributed by atoms with Gasteiger partial charge in [-0.1, -0.05) is 350 Å². The van der Waals surface area contributed by atoms with Crippen LogP contribution >= 0.6 is 15.6 Å². The van der Waals surface area contributed by atoms with E-state index in [1.807, 2.05) is 0 Å². The molecule has 0 heterocycles. The van der Waals surface area contributed by atoms with Gasteiger partial charge in [0.1, 0.15) is 19.3 Å². The number of aliphatic hydroxyl groups is 1. The van der Waals surface area contributed by atoms with Gasteiger partial charge in [0.25, 0.3) is 0 Å². The monoisotopic (exact) mass is 1410 g/mol. The molecule has 0 bridgehead atoms. The minimum Gasteiger partial charge on any atom is -0.462 e. The number of carbonyl (C=O) groups excluding carboxylic acids is 4. The van der Waals surface area contributed by atoms with Crippen molar-refractivity contribution < 1.29 is 80.2 Å². The van der Waals surface area contributed by atoms with E-state index in [9.17, 15) is 43.2 Å². The van der Waals surface area contributed by atoms with Gasteiger partial charge in [0, 0.05) is 25.7 Å². The zero-order valence-electron chi connectivity index (χ0n) is 62.7. The molecule has 0 rings (SSSR count). The standard InChI is InChI=1S/C77H150O17P2/c1-7-9-11-13-15-17-19-21-22-23-24-25-29-37-43-49-55-61-76(81)93-72(65-88-75(80)60-54-48-42-36-30-26-27-33-39-45-51-57-69(3)4)67-91-95(83,84)89-63-71(78)64-90-96(85,86)92-68-73(66-87-74(79)59-53-47-41-35-28-20-18-16-14-12-10-8-2)94-77(82)62-56-50-44-38-32-31-34-40-46-52-58-70(5)6/h69-73,78H,7-68H2,1-6H3,(H,83,84)(H,85,86)/t71-,72-,73-/m1/s1. The Morgan fingerprint density at radius 3 is 0.708 bits per heavy atom. The number of rotatable bonds is 76. The van der Waals surface area contributed by atoms with Gasteiger partial charge < -0.3 is 33.8 Å². The van der Waals surface area contributed by atoms with Crippen molar-refractivity contribution in [3.8, 4) is 0 Å². The second kappa shape index (κ2) is 68.8. The number of phosphoric ester groups is 2. The van der Waals surface area contributed by atoms with E-state index in [0.717, 1.165) is 102 Å². The van der Waals surface area contributed by atoms with E-state index in [1.54, 1.807) is 0 Å². The topological polar surface area (TPSA) is 237 Å². The SMILES string of the molecule is CCCCCCCCCCCCCCCCCCCC(=O)O[C@H](COC(=O)CCCCCCCCCCCCCC(C)C)COP(=O)(O)OC[C@@H](O)COP(=O)(O)OC[C@@H](COC(=O)CCCCCCCCCCCCCC)OC(=O)CCCCCCCCCCCCC(C)C. The molecule has 0 aliphatic rings. The summed E-state index contributed by atoms with van der Waals surface area (Å²) in [5.74, 6) is -0.589. The summed E-state index contributed by atoms with van der Waals surface area (Å²) < 4.78 is 68.6. The van der Waals surface area contributed by atoms with Gasteiger partial charge >= 0.3 is 39.5 Å². The van der Waals surface area contributed by atoms with Gasteiger partial charge in [0.05, 0.1) is 26.4 Å². The number of phosphoric acid groups is 2. The molecule has 0 saturated heterocycles. The zero-order valence-corrected chi connectivity index (χ0v) is 64.5. The third-order valence-electron chi connectivity index (χ3n) is 18.0. The Morgan fingerprint density at radius 1 is 0.281 bits per heavy atom. The first-order valence-corrected chi connectivity index (χ1v) is 43.0. The molecule has 0 aliphatic carbocycles. The number of hydrogen-bond donors (Lipinski definition) is 3. The van der Waals surface area contributed by atoms with E-state index >= 15 is 0 Å². The molecule has 5 atom stereocenters. The normalized spacial score (nSPS) is 14.0. The molecule has 0 aliphatic heterocycles. The Bertz CT molecular complexity index is 1860. The van der Waals surface area contributed by atoms with Crippen molar-refractivity contribution in [3.05, 3.63) is 0 Å². The molecule has 3 N–H and O–H groups in total. The lowest BCUT2D eigenvalue weighted by Gasteiger charge is -2.21. The van der Waals surface area contributed by atoms with Crippen LogP contribution in [0.3, 0.4) is 0 Å². The maximum Gasteiger partial charge on any atom is 0.472 e. The van der Waals surface area contributed by atoms with Crippen LogP contribution in [0.25, 0.3) is 0 Å². The second-order valence-corrected chi connectivity index (χ2v) is 31.6. The maximum atomic E-state index is 13.1. The molecule has 2 unspecified atom stereocenters. The Kier molecular flexibility index (Phi) is 67.4. The molecular formula is C77H150O17P2. The van der Waals surface area contributed by atoms with E-state index in [4.69, 9.17) is 37.0 Å². The third-order valence-corrected chi connectivity index (χ3v) is 19.9. The number of ether oxygens (including phenoxy) is 4. The third kappa shape index (κ3) is 70.5. The number of unbranched alkanes of at least 4 members (excludes halogenated alkanes) is 46. The van der Waals surface area contributed by atoms with Crippen molar-refractivity contribution in [3.63, 3.8) is 0 Å². The molecule has 0 saturated carbocycles. The summed E-state index contributed by atoms with van der Waals surface area (Å²) in [6.07, 6.45) is 56.7. The van der Waals surface area contributed by atoms with E-state index in [-0.39, 0.29) is 25.7 Å². The molecular weight excluding hydrogens is 1260 g/mol. The lowest BCUT2D eigenvalue weighted by molar-refractivity contribution is -0.161. The second-order valence-electron chi connectivity index (χ2n) is 28.7. The fourth-order valence-electron chi connectivity index (χ4n) is 11.8. The molecule has 0 aromatic carbocycles. The Balaban J connectivity index is 5.26. The summed E-state index contributed by atoms with van der Waals surface area (Å²) in [5.41, 5.74) is 0. The highest BCUT2D eigenvalue weighted by Crippen LogP contribution is 2.45. The van der Waals surface area contributed by atoms with Crippen LogP contribution in [0.5, 0.6) is 0 Å². The number of aliphatic hydroxyl groups excluding tert-OH is 1. The highest BCUT2D eigenvalue weighted by Gasteiger charge is 2.30. The fraction of sp³-hybridized carbons (Fsp3) is 0.948. The molecule has 0 aromatic rings. The van der Waals surface area contributed by atoms with Crippen molar-refractivity contribution in [2.75, 3.05) is 39.6 Å². The maximum absolute atomic E-state index is 13.1. The predicted molar refractivity (Wildman–Crippen MR) is 391 cm³/mol. The molecule has 96 heavy (non-hydrogen) atoms. The summed E-state index contributed by atoms with van der Waals surface area (Å²) in [6, 6.07) is 0. The van der Waals surface area contributed by atoms with Crippen molar-refractivity contribution >= 4 is 39.5 Å². The smallest absolute Gasteiger partial charge is 0.462 e. The van der Waals surface area contributed by atoms with Crippen molar-refractivity contribution in [2.45, 2.75) is 419 Å². The van der Waals surface area contributed by atoms with Crippen LogP contribution < -0.4 is 0 Å². The average Bonchev–Trinajstić information content (AvgIpc) is 1.72. The molecule has 0 amide bonds. The van der Waals surface area contributed by atoms with Crippen LogP contribution in [0, 0.1) is 11.8 Å². The first-order valence-electron chi connectivity index (χ1n) is 40.0. The summed E-state index contributed by atoms with van der Waals surface area (Å²) >= 11 is 0. The van der Waals surface area contributed by atoms with Crippen molar-refractivity contribution in [1.82, 2.24) is 0 Å². The largest absolute Gasteiger partial charge is 0.472 e. The van der Waals surface area contributed by atoms with Crippen LogP contribution in [0.2, 0.25) is 0 Å². The van der Waals surface area contributed by atoms with Crippen LogP contribution in [-0.2, 0) is 65.4 Å². The molecule has 0 aromatic heterocycles. The van der Waals surface area contributed by atoms with E-state index in [1.165, 1.54) is 218 Å². The van der Waals surface area contributed by atoms with Crippen LogP contribution in [0.1, 0.15) is 401 Å². The molecule has 0 radical (unpaired) electrons. The van der Waals surface area contributed by atoms with Gasteiger partial charge in [-0.05, 0) is 37.5 Å². The minimum absolute atomic E-state index is 0.106. The zero-order chi connectivity index (χ0) is 70.7. The van der Waals surface area contributed by atoms with E-state index in [0.29, 0.717) is 25.7 Å². The number of hydrogen-bond acceptors (Lipinski definition) is 15. The highest BCUT2D eigenvalue weighted by atomic mass is 31.2. The molecule has 0 fully saturated rings.